The number of aromatic nitrogens is 1. The van der Waals surface area contributed by atoms with E-state index in [1.807, 2.05) is 30.3 Å². The van der Waals surface area contributed by atoms with Gasteiger partial charge in [0.1, 0.15) is 5.75 Å². The Balaban J connectivity index is 2.42. The van der Waals surface area contributed by atoms with E-state index < -0.39 is 0 Å². The molecule has 19 heavy (non-hydrogen) atoms. The Morgan fingerprint density at radius 2 is 2.00 bits per heavy atom. The number of ether oxygens (including phenoxy) is 1. The lowest BCUT2D eigenvalue weighted by Gasteiger charge is -2.21. The van der Waals surface area contributed by atoms with E-state index >= 15 is 0 Å². The molecule has 100 valence electrons. The molecular formula is C15H17ClN2O. The summed E-state index contributed by atoms with van der Waals surface area (Å²) < 4.78 is 5.39. The third kappa shape index (κ3) is 3.25. The molecule has 0 bridgehead atoms. The lowest BCUT2D eigenvalue weighted by Crippen LogP contribution is -2.22. The summed E-state index contributed by atoms with van der Waals surface area (Å²) in [5.41, 5.74) is 2.22. The van der Waals surface area contributed by atoms with Crippen LogP contribution in [-0.4, -0.2) is 18.6 Å². The number of nitrogens with one attached hydrogen (secondary N) is 1. The van der Waals surface area contributed by atoms with E-state index in [0.29, 0.717) is 0 Å². The summed E-state index contributed by atoms with van der Waals surface area (Å²) in [5, 5.41) is 4.20. The standard InChI is InChI=1S/C15H17ClN2O/c1-3-18-15(11-4-6-12(16)7-5-11)13-8-9-17-10-14(13)19-2/h4-10,15,18H,3H2,1-2H3. The summed E-state index contributed by atoms with van der Waals surface area (Å²) in [6.07, 6.45) is 3.51. The van der Waals surface area contributed by atoms with Crippen LogP contribution in [0.15, 0.2) is 42.7 Å². The second kappa shape index (κ2) is 6.55. The van der Waals surface area contributed by atoms with Gasteiger partial charge in [-0.3, -0.25) is 4.98 Å². The summed E-state index contributed by atoms with van der Waals surface area (Å²) in [7, 11) is 1.66. The molecule has 0 amide bonds. The Hall–Kier alpha value is -1.58. The van der Waals surface area contributed by atoms with Crippen LogP contribution in [0.3, 0.4) is 0 Å². The number of nitrogens with zero attached hydrogens (tertiary/aromatic N) is 1. The molecule has 2 rings (SSSR count). The molecule has 1 N–H and O–H groups in total. The second-order valence-electron chi connectivity index (χ2n) is 4.16. The SMILES string of the molecule is CCNC(c1ccc(Cl)cc1)c1ccncc1OC. The normalized spacial score (nSPS) is 12.2. The van der Waals surface area contributed by atoms with E-state index in [4.69, 9.17) is 16.3 Å². The molecule has 1 unspecified atom stereocenters. The van der Waals surface area contributed by atoms with Crippen molar-refractivity contribution in [1.82, 2.24) is 10.3 Å². The van der Waals surface area contributed by atoms with Crippen molar-refractivity contribution in [3.8, 4) is 5.75 Å². The Bertz CT molecular complexity index is 528. The van der Waals surface area contributed by atoms with Crippen LogP contribution in [-0.2, 0) is 0 Å². The molecule has 2 aromatic rings. The Morgan fingerprint density at radius 3 is 2.63 bits per heavy atom. The molecule has 1 aromatic heterocycles. The first kappa shape index (κ1) is 13.8. The van der Waals surface area contributed by atoms with Crippen LogP contribution in [0.5, 0.6) is 5.75 Å². The number of hydrogen-bond acceptors (Lipinski definition) is 3. The molecule has 0 radical (unpaired) electrons. The molecule has 1 aromatic carbocycles. The average molecular weight is 277 g/mol. The molecule has 1 atom stereocenters. The van der Waals surface area contributed by atoms with Crippen LogP contribution >= 0.6 is 11.6 Å². The van der Waals surface area contributed by atoms with E-state index in [1.165, 1.54) is 0 Å². The summed E-state index contributed by atoms with van der Waals surface area (Å²) >= 11 is 5.94. The maximum Gasteiger partial charge on any atom is 0.142 e. The van der Waals surface area contributed by atoms with Crippen molar-refractivity contribution in [2.45, 2.75) is 13.0 Å². The highest BCUT2D eigenvalue weighted by atomic mass is 35.5. The van der Waals surface area contributed by atoms with Crippen molar-refractivity contribution in [3.63, 3.8) is 0 Å². The van der Waals surface area contributed by atoms with Gasteiger partial charge in [-0.05, 0) is 30.3 Å². The zero-order valence-corrected chi connectivity index (χ0v) is 11.8. The minimum atomic E-state index is 0.0696. The molecule has 0 saturated carbocycles. The van der Waals surface area contributed by atoms with Crippen molar-refractivity contribution < 1.29 is 4.74 Å². The van der Waals surface area contributed by atoms with Gasteiger partial charge in [0.25, 0.3) is 0 Å². The van der Waals surface area contributed by atoms with Crippen molar-refractivity contribution in [2.75, 3.05) is 13.7 Å². The summed E-state index contributed by atoms with van der Waals surface area (Å²) in [6, 6.07) is 9.88. The van der Waals surface area contributed by atoms with Gasteiger partial charge in [0.2, 0.25) is 0 Å². The van der Waals surface area contributed by atoms with Crippen molar-refractivity contribution in [1.29, 1.82) is 0 Å². The van der Waals surface area contributed by atoms with Crippen molar-refractivity contribution in [3.05, 3.63) is 58.9 Å². The Labute approximate surface area is 118 Å². The molecule has 0 aliphatic heterocycles. The predicted molar refractivity (Wildman–Crippen MR) is 77.8 cm³/mol. The lowest BCUT2D eigenvalue weighted by atomic mass is 9.99. The van der Waals surface area contributed by atoms with Gasteiger partial charge in [0, 0.05) is 16.8 Å². The van der Waals surface area contributed by atoms with Crippen molar-refractivity contribution >= 4 is 11.6 Å². The fourth-order valence-electron chi connectivity index (χ4n) is 2.07. The van der Waals surface area contributed by atoms with Gasteiger partial charge in [0.15, 0.2) is 0 Å². The number of hydrogen-bond donors (Lipinski definition) is 1. The molecule has 0 fully saturated rings. The molecule has 0 aliphatic rings. The topological polar surface area (TPSA) is 34.2 Å². The van der Waals surface area contributed by atoms with E-state index in [9.17, 15) is 0 Å². The zero-order valence-electron chi connectivity index (χ0n) is 11.1. The maximum absolute atomic E-state index is 5.94. The minimum absolute atomic E-state index is 0.0696. The van der Waals surface area contributed by atoms with Gasteiger partial charge in [-0.25, -0.2) is 0 Å². The number of methoxy groups -OCH3 is 1. The molecular weight excluding hydrogens is 260 g/mol. The van der Waals surface area contributed by atoms with E-state index in [0.717, 1.165) is 28.4 Å². The van der Waals surface area contributed by atoms with Crippen molar-refractivity contribution in [2.24, 2.45) is 0 Å². The van der Waals surface area contributed by atoms with Gasteiger partial charge in [0.05, 0.1) is 19.3 Å². The summed E-state index contributed by atoms with van der Waals surface area (Å²) in [5.74, 6) is 0.781. The van der Waals surface area contributed by atoms with Gasteiger partial charge in [-0.1, -0.05) is 30.7 Å². The quantitative estimate of drug-likeness (QED) is 0.908. The highest BCUT2D eigenvalue weighted by Gasteiger charge is 2.17. The minimum Gasteiger partial charge on any atom is -0.495 e. The van der Waals surface area contributed by atoms with Gasteiger partial charge < -0.3 is 10.1 Å². The van der Waals surface area contributed by atoms with Crippen LogP contribution in [0.2, 0.25) is 5.02 Å². The summed E-state index contributed by atoms with van der Waals surface area (Å²) in [6.45, 7) is 2.94. The van der Waals surface area contributed by atoms with Gasteiger partial charge >= 0.3 is 0 Å². The predicted octanol–water partition coefficient (Wildman–Crippen LogP) is 3.44. The number of halogens is 1. The van der Waals surface area contributed by atoms with Crippen LogP contribution in [0.25, 0.3) is 0 Å². The highest BCUT2D eigenvalue weighted by Crippen LogP contribution is 2.29. The van der Waals surface area contributed by atoms with Crippen LogP contribution in [0.1, 0.15) is 24.1 Å². The van der Waals surface area contributed by atoms with E-state index in [2.05, 4.69) is 17.2 Å². The Kier molecular flexibility index (Phi) is 4.77. The largest absolute Gasteiger partial charge is 0.495 e. The smallest absolute Gasteiger partial charge is 0.142 e. The van der Waals surface area contributed by atoms with E-state index in [1.54, 1.807) is 19.5 Å². The lowest BCUT2D eigenvalue weighted by molar-refractivity contribution is 0.402. The van der Waals surface area contributed by atoms with Crippen LogP contribution < -0.4 is 10.1 Å². The first-order valence-corrected chi connectivity index (χ1v) is 6.60. The molecule has 4 heteroatoms. The monoisotopic (exact) mass is 276 g/mol. The third-order valence-electron chi connectivity index (χ3n) is 2.96. The second-order valence-corrected chi connectivity index (χ2v) is 4.60. The van der Waals surface area contributed by atoms with Gasteiger partial charge in [-0.15, -0.1) is 0 Å². The molecule has 0 saturated heterocycles. The van der Waals surface area contributed by atoms with Crippen LogP contribution in [0, 0.1) is 0 Å². The fourth-order valence-corrected chi connectivity index (χ4v) is 2.19. The van der Waals surface area contributed by atoms with Crippen LogP contribution in [0.4, 0.5) is 0 Å². The summed E-state index contributed by atoms with van der Waals surface area (Å²) in [4.78, 5) is 4.09. The number of rotatable bonds is 5. The highest BCUT2D eigenvalue weighted by molar-refractivity contribution is 6.30. The number of pyridine rings is 1. The maximum atomic E-state index is 5.94. The Morgan fingerprint density at radius 1 is 1.26 bits per heavy atom. The molecule has 0 spiro atoms. The average Bonchev–Trinajstić information content (AvgIpc) is 2.46. The van der Waals surface area contributed by atoms with E-state index in [-0.39, 0.29) is 6.04 Å². The molecule has 3 nitrogen and oxygen atoms in total. The first-order chi connectivity index (χ1) is 9.26. The first-order valence-electron chi connectivity index (χ1n) is 6.23. The fraction of sp³-hybridized carbons (Fsp3) is 0.267. The van der Waals surface area contributed by atoms with Gasteiger partial charge in [-0.2, -0.15) is 0 Å². The third-order valence-corrected chi connectivity index (χ3v) is 3.21. The number of benzene rings is 1. The zero-order chi connectivity index (χ0) is 13.7. The molecule has 1 heterocycles. The molecule has 0 aliphatic carbocycles.